The lowest BCUT2D eigenvalue weighted by molar-refractivity contribution is 0.112. The molecule has 3 rings (SSSR count). The van der Waals surface area contributed by atoms with E-state index in [1.54, 1.807) is 12.1 Å². The minimum Gasteiger partial charge on any atom is -0.339 e. The zero-order chi connectivity index (χ0) is 15.2. The molecule has 1 heterocycles. The van der Waals surface area contributed by atoms with Crippen LogP contribution in [-0.2, 0) is 12.8 Å². The second-order valence-electron chi connectivity index (χ2n) is 5.09. The monoisotopic (exact) mass is 292 g/mol. The van der Waals surface area contributed by atoms with Crippen molar-refractivity contribution >= 4 is 6.29 Å². The smallest absolute Gasteiger partial charge is 0.226 e. The summed E-state index contributed by atoms with van der Waals surface area (Å²) >= 11 is 0. The van der Waals surface area contributed by atoms with Gasteiger partial charge in [0.2, 0.25) is 11.7 Å². The first-order valence-corrected chi connectivity index (χ1v) is 7.27. The standard InChI is InChI=1S/C18H16N2O2/c21-13-15-9-11-16(12-10-15)18-19-17(22-20-18)8-4-7-14-5-2-1-3-6-14/h1-3,5-6,9-13H,4,7-8H2. The molecule has 0 fully saturated rings. The maximum absolute atomic E-state index is 10.6. The fraction of sp³-hybridized carbons (Fsp3) is 0.167. The fourth-order valence-electron chi connectivity index (χ4n) is 2.27. The van der Waals surface area contributed by atoms with E-state index in [0.29, 0.717) is 17.3 Å². The van der Waals surface area contributed by atoms with E-state index >= 15 is 0 Å². The zero-order valence-electron chi connectivity index (χ0n) is 12.1. The molecule has 22 heavy (non-hydrogen) atoms. The minimum absolute atomic E-state index is 0.562. The first-order chi connectivity index (χ1) is 10.8. The van der Waals surface area contributed by atoms with Crippen molar-refractivity contribution in [1.82, 2.24) is 10.1 Å². The number of aldehydes is 1. The Labute approximate surface area is 128 Å². The van der Waals surface area contributed by atoms with Crippen molar-refractivity contribution in [3.63, 3.8) is 0 Å². The first-order valence-electron chi connectivity index (χ1n) is 7.27. The maximum Gasteiger partial charge on any atom is 0.226 e. The predicted octanol–water partition coefficient (Wildman–Crippen LogP) is 3.72. The molecule has 0 aliphatic carbocycles. The molecule has 3 aromatic rings. The Hall–Kier alpha value is -2.75. The molecular weight excluding hydrogens is 276 g/mol. The quantitative estimate of drug-likeness (QED) is 0.650. The highest BCUT2D eigenvalue weighted by Crippen LogP contribution is 2.17. The van der Waals surface area contributed by atoms with Gasteiger partial charge in [-0.15, -0.1) is 0 Å². The Morgan fingerprint density at radius 3 is 2.45 bits per heavy atom. The van der Waals surface area contributed by atoms with Crippen LogP contribution in [0.15, 0.2) is 59.1 Å². The average Bonchev–Trinajstić information content (AvgIpc) is 3.05. The van der Waals surface area contributed by atoms with Gasteiger partial charge in [0.05, 0.1) is 0 Å². The third-order valence-electron chi connectivity index (χ3n) is 3.47. The van der Waals surface area contributed by atoms with Crippen molar-refractivity contribution in [3.05, 3.63) is 71.6 Å². The van der Waals surface area contributed by atoms with Crippen LogP contribution in [0.3, 0.4) is 0 Å². The summed E-state index contributed by atoms with van der Waals surface area (Å²) in [7, 11) is 0. The highest BCUT2D eigenvalue weighted by atomic mass is 16.5. The highest BCUT2D eigenvalue weighted by molar-refractivity contribution is 5.76. The van der Waals surface area contributed by atoms with Crippen LogP contribution in [0, 0.1) is 0 Å². The van der Waals surface area contributed by atoms with Crippen LogP contribution >= 0.6 is 0 Å². The van der Waals surface area contributed by atoms with Crippen molar-refractivity contribution in [3.8, 4) is 11.4 Å². The molecule has 0 atom stereocenters. The van der Waals surface area contributed by atoms with Crippen LogP contribution < -0.4 is 0 Å². The van der Waals surface area contributed by atoms with E-state index in [2.05, 4.69) is 22.3 Å². The van der Waals surface area contributed by atoms with Gasteiger partial charge in [0.15, 0.2) is 0 Å². The zero-order valence-corrected chi connectivity index (χ0v) is 12.1. The second kappa shape index (κ2) is 6.80. The molecule has 1 aromatic heterocycles. The summed E-state index contributed by atoms with van der Waals surface area (Å²) in [6.45, 7) is 0. The summed E-state index contributed by atoms with van der Waals surface area (Å²) in [6, 6.07) is 17.5. The molecule has 0 saturated heterocycles. The van der Waals surface area contributed by atoms with Gasteiger partial charge >= 0.3 is 0 Å². The molecule has 2 aromatic carbocycles. The van der Waals surface area contributed by atoms with Gasteiger partial charge < -0.3 is 4.52 Å². The Kier molecular flexibility index (Phi) is 4.39. The Morgan fingerprint density at radius 1 is 0.955 bits per heavy atom. The van der Waals surface area contributed by atoms with E-state index in [-0.39, 0.29) is 0 Å². The van der Waals surface area contributed by atoms with Crippen LogP contribution in [0.2, 0.25) is 0 Å². The molecule has 0 aliphatic heterocycles. The third kappa shape index (κ3) is 3.47. The van der Waals surface area contributed by atoms with Gasteiger partial charge in [-0.05, 0) is 18.4 Å². The largest absolute Gasteiger partial charge is 0.339 e. The van der Waals surface area contributed by atoms with Crippen molar-refractivity contribution < 1.29 is 9.32 Å². The lowest BCUT2D eigenvalue weighted by Gasteiger charge is -1.98. The number of carbonyl (C=O) groups excluding carboxylic acids is 1. The number of carbonyl (C=O) groups is 1. The van der Waals surface area contributed by atoms with E-state index in [0.717, 1.165) is 31.1 Å². The van der Waals surface area contributed by atoms with Gasteiger partial charge in [-0.3, -0.25) is 4.79 Å². The fourth-order valence-corrected chi connectivity index (χ4v) is 2.27. The van der Waals surface area contributed by atoms with E-state index < -0.39 is 0 Å². The maximum atomic E-state index is 10.6. The van der Waals surface area contributed by atoms with Gasteiger partial charge in [0, 0.05) is 17.5 Å². The summed E-state index contributed by atoms with van der Waals surface area (Å²) in [6.07, 6.45) is 3.53. The van der Waals surface area contributed by atoms with Gasteiger partial charge in [0.1, 0.15) is 6.29 Å². The minimum atomic E-state index is 0.562. The van der Waals surface area contributed by atoms with Crippen LogP contribution in [0.5, 0.6) is 0 Å². The summed E-state index contributed by atoms with van der Waals surface area (Å²) < 4.78 is 5.28. The summed E-state index contributed by atoms with van der Waals surface area (Å²) in [4.78, 5) is 15.0. The van der Waals surface area contributed by atoms with Crippen molar-refractivity contribution in [1.29, 1.82) is 0 Å². The molecule has 0 amide bonds. The van der Waals surface area contributed by atoms with E-state index in [1.165, 1.54) is 5.56 Å². The second-order valence-corrected chi connectivity index (χ2v) is 5.09. The van der Waals surface area contributed by atoms with Crippen LogP contribution in [0.1, 0.15) is 28.2 Å². The predicted molar refractivity (Wildman–Crippen MR) is 83.6 cm³/mol. The summed E-state index contributed by atoms with van der Waals surface area (Å²) in [5, 5.41) is 3.99. The number of aromatic nitrogens is 2. The van der Waals surface area contributed by atoms with E-state index in [9.17, 15) is 4.79 Å². The topological polar surface area (TPSA) is 56.0 Å². The number of hydrogen-bond donors (Lipinski definition) is 0. The van der Waals surface area contributed by atoms with Crippen molar-refractivity contribution in [2.45, 2.75) is 19.3 Å². The van der Waals surface area contributed by atoms with E-state index in [1.807, 2.05) is 30.3 Å². The lowest BCUT2D eigenvalue weighted by Crippen LogP contribution is -1.90. The molecule has 4 heteroatoms. The normalized spacial score (nSPS) is 10.5. The molecule has 0 saturated carbocycles. The molecule has 0 bridgehead atoms. The lowest BCUT2D eigenvalue weighted by atomic mass is 10.1. The molecule has 110 valence electrons. The number of aryl methyl sites for hydroxylation is 2. The molecule has 4 nitrogen and oxygen atoms in total. The molecule has 0 aliphatic rings. The number of nitrogens with zero attached hydrogens (tertiary/aromatic N) is 2. The van der Waals surface area contributed by atoms with Crippen LogP contribution in [0.4, 0.5) is 0 Å². The highest BCUT2D eigenvalue weighted by Gasteiger charge is 2.08. The van der Waals surface area contributed by atoms with Gasteiger partial charge in [0.25, 0.3) is 0 Å². The average molecular weight is 292 g/mol. The summed E-state index contributed by atoms with van der Waals surface area (Å²) in [5.41, 5.74) is 2.80. The van der Waals surface area contributed by atoms with Crippen LogP contribution in [0.25, 0.3) is 11.4 Å². The number of hydrogen-bond acceptors (Lipinski definition) is 4. The molecule has 0 spiro atoms. The van der Waals surface area contributed by atoms with Gasteiger partial charge in [-0.25, -0.2) is 0 Å². The van der Waals surface area contributed by atoms with Gasteiger partial charge in [-0.2, -0.15) is 4.98 Å². The number of rotatable bonds is 6. The van der Waals surface area contributed by atoms with Crippen molar-refractivity contribution in [2.75, 3.05) is 0 Å². The van der Waals surface area contributed by atoms with E-state index in [4.69, 9.17) is 4.52 Å². The molecular formula is C18H16N2O2. The molecule has 0 N–H and O–H groups in total. The Balaban J connectivity index is 1.59. The van der Waals surface area contributed by atoms with Crippen LogP contribution in [-0.4, -0.2) is 16.4 Å². The number of benzene rings is 2. The third-order valence-corrected chi connectivity index (χ3v) is 3.47. The Morgan fingerprint density at radius 2 is 1.73 bits per heavy atom. The SMILES string of the molecule is O=Cc1ccc(-c2noc(CCCc3ccccc3)n2)cc1. The van der Waals surface area contributed by atoms with Gasteiger partial charge in [-0.1, -0.05) is 59.8 Å². The van der Waals surface area contributed by atoms with Crippen molar-refractivity contribution in [2.24, 2.45) is 0 Å². The molecule has 0 radical (unpaired) electrons. The molecule has 0 unspecified atom stereocenters. The summed E-state index contributed by atoms with van der Waals surface area (Å²) in [5.74, 6) is 1.21. The Bertz CT molecular complexity index is 733. The first kappa shape index (κ1) is 14.2.